The average molecular weight is 456 g/mol. The smallest absolute Gasteiger partial charge is 0.336 e. The third-order valence-electron chi connectivity index (χ3n) is 4.05. The Morgan fingerprint density at radius 2 is 1.72 bits per heavy atom. The second-order valence-corrected chi connectivity index (χ2v) is 7.05. The van der Waals surface area contributed by atoms with Crippen molar-refractivity contribution < 1.29 is 28.2 Å². The van der Waals surface area contributed by atoms with Crippen molar-refractivity contribution >= 4 is 23.8 Å². The Kier molecular flexibility index (Phi) is 7.87. The normalized spacial score (nSPS) is 10.7. The van der Waals surface area contributed by atoms with Crippen molar-refractivity contribution in [1.29, 1.82) is 0 Å². The largest absolute Gasteiger partial charge is 0.493 e. The summed E-state index contributed by atoms with van der Waals surface area (Å²) in [5.74, 6) is 1.11. The Hall–Kier alpha value is -3.79. The number of hydrogen-bond acceptors (Lipinski definition) is 10. The maximum atomic E-state index is 12.2. The van der Waals surface area contributed by atoms with Gasteiger partial charge in [0.05, 0.1) is 27.1 Å². The Balaban J connectivity index is 1.66. The molecule has 0 saturated carbocycles. The molecule has 9 nitrogen and oxygen atoms in total. The highest BCUT2D eigenvalue weighted by Gasteiger charge is 2.13. The fraction of sp³-hybridized carbons (Fsp3) is 0.182. The number of benzene rings is 1. The van der Waals surface area contributed by atoms with Gasteiger partial charge in [0.25, 0.3) is 0 Å². The molecule has 0 N–H and O–H groups in total. The van der Waals surface area contributed by atoms with Crippen LogP contribution in [0.1, 0.15) is 11.3 Å². The van der Waals surface area contributed by atoms with Crippen LogP contribution in [0, 0.1) is 0 Å². The lowest BCUT2D eigenvalue weighted by molar-refractivity contribution is -0.129. The third kappa shape index (κ3) is 5.88. The molecule has 1 aromatic carbocycles. The van der Waals surface area contributed by atoms with Gasteiger partial charge in [-0.05, 0) is 29.8 Å². The molecular weight excluding hydrogens is 436 g/mol. The molecule has 0 saturated heterocycles. The summed E-state index contributed by atoms with van der Waals surface area (Å²) in [5, 5.41) is 0.558. The van der Waals surface area contributed by atoms with Gasteiger partial charge in [-0.3, -0.25) is 4.79 Å². The summed E-state index contributed by atoms with van der Waals surface area (Å²) in [6.45, 7) is 0. The van der Waals surface area contributed by atoms with Gasteiger partial charge in [0.15, 0.2) is 16.7 Å². The molecule has 0 bridgehead atoms. The van der Waals surface area contributed by atoms with Gasteiger partial charge in [0, 0.05) is 24.5 Å². The monoisotopic (exact) mass is 456 g/mol. The Bertz CT molecular complexity index is 1140. The van der Waals surface area contributed by atoms with Crippen LogP contribution < -0.4 is 24.4 Å². The maximum Gasteiger partial charge on any atom is 0.336 e. The van der Waals surface area contributed by atoms with Crippen molar-refractivity contribution in [2.45, 2.75) is 10.9 Å². The van der Waals surface area contributed by atoms with Crippen LogP contribution in [-0.2, 0) is 10.5 Å². The lowest BCUT2D eigenvalue weighted by atomic mass is 10.1. The second-order valence-electron chi connectivity index (χ2n) is 6.11. The van der Waals surface area contributed by atoms with Crippen LogP contribution in [0.4, 0.5) is 0 Å². The minimum Gasteiger partial charge on any atom is -0.493 e. The first-order valence-corrected chi connectivity index (χ1v) is 10.2. The zero-order chi connectivity index (χ0) is 22.9. The Labute approximate surface area is 188 Å². The van der Waals surface area contributed by atoms with Crippen LogP contribution >= 0.6 is 11.8 Å². The minimum absolute atomic E-state index is 0.214. The average Bonchev–Trinajstić information content (AvgIpc) is 2.82. The molecule has 0 aliphatic rings. The van der Waals surface area contributed by atoms with Crippen LogP contribution in [0.15, 0.2) is 63.4 Å². The number of hydrogen-bond donors (Lipinski definition) is 0. The van der Waals surface area contributed by atoms with Crippen molar-refractivity contribution in [3.05, 3.63) is 70.5 Å². The molecule has 0 radical (unpaired) electrons. The van der Waals surface area contributed by atoms with E-state index < -0.39 is 11.4 Å². The predicted octanol–water partition coefficient (Wildman–Crippen LogP) is 3.37. The standard InChI is InChI=1S/C22H20N2O7S/c1-27-17-9-14(10-18(28-2)21(17)29-3)5-6-20(26)31-19-12-30-15(11-16(19)25)13-32-22-23-7-4-8-24-22/h4-12H,13H2,1-3H3/b6-5+. The van der Waals surface area contributed by atoms with Gasteiger partial charge in [-0.2, -0.15) is 0 Å². The summed E-state index contributed by atoms with van der Waals surface area (Å²) < 4.78 is 26.3. The SMILES string of the molecule is COc1cc(/C=C/C(=O)Oc2coc(CSc3ncccn3)cc2=O)cc(OC)c1OC. The van der Waals surface area contributed by atoms with Gasteiger partial charge in [0.1, 0.15) is 12.0 Å². The number of rotatable bonds is 9. The molecule has 0 spiro atoms. The number of methoxy groups -OCH3 is 3. The molecule has 0 unspecified atom stereocenters. The quantitative estimate of drug-likeness (QED) is 0.206. The second kappa shape index (κ2) is 11.0. The number of esters is 1. The summed E-state index contributed by atoms with van der Waals surface area (Å²) >= 11 is 1.31. The third-order valence-corrected chi connectivity index (χ3v) is 4.95. The van der Waals surface area contributed by atoms with Crippen molar-refractivity contribution in [1.82, 2.24) is 9.97 Å². The van der Waals surface area contributed by atoms with Gasteiger partial charge in [-0.25, -0.2) is 14.8 Å². The highest BCUT2D eigenvalue weighted by Crippen LogP contribution is 2.38. The molecule has 32 heavy (non-hydrogen) atoms. The molecule has 2 aromatic heterocycles. The van der Waals surface area contributed by atoms with Crippen molar-refractivity contribution in [2.24, 2.45) is 0 Å². The molecular formula is C22H20N2O7S. The number of aromatic nitrogens is 2. The summed E-state index contributed by atoms with van der Waals surface area (Å²) in [6, 6.07) is 6.32. The first-order chi connectivity index (χ1) is 15.5. The molecule has 0 atom stereocenters. The van der Waals surface area contributed by atoms with E-state index in [4.69, 9.17) is 23.4 Å². The van der Waals surface area contributed by atoms with Crippen LogP contribution in [0.3, 0.4) is 0 Å². The topological polar surface area (TPSA) is 110 Å². The molecule has 0 aliphatic heterocycles. The first kappa shape index (κ1) is 22.9. The molecule has 3 aromatic rings. The highest BCUT2D eigenvalue weighted by atomic mass is 32.2. The number of nitrogens with zero attached hydrogens (tertiary/aromatic N) is 2. The summed E-state index contributed by atoms with van der Waals surface area (Å²) in [4.78, 5) is 32.6. The zero-order valence-electron chi connectivity index (χ0n) is 17.6. The molecule has 0 aliphatic carbocycles. The number of ether oxygens (including phenoxy) is 4. The van der Waals surface area contributed by atoms with Gasteiger partial charge in [-0.15, -0.1) is 0 Å². The molecule has 0 amide bonds. The van der Waals surface area contributed by atoms with Crippen LogP contribution in [0.5, 0.6) is 23.0 Å². The highest BCUT2D eigenvalue weighted by molar-refractivity contribution is 7.98. The summed E-state index contributed by atoms with van der Waals surface area (Å²) in [5.41, 5.74) is 0.134. The minimum atomic E-state index is -0.745. The number of carbonyl (C=O) groups excluding carboxylic acids is 1. The van der Waals surface area contributed by atoms with E-state index in [0.29, 0.717) is 39.5 Å². The van der Waals surface area contributed by atoms with Gasteiger partial charge < -0.3 is 23.4 Å². The van der Waals surface area contributed by atoms with E-state index in [1.807, 2.05) is 0 Å². The number of carbonyl (C=O) groups is 1. The van der Waals surface area contributed by atoms with E-state index in [0.717, 1.165) is 6.26 Å². The first-order valence-electron chi connectivity index (χ1n) is 9.25. The zero-order valence-corrected chi connectivity index (χ0v) is 18.4. The van der Waals surface area contributed by atoms with E-state index in [1.54, 1.807) is 30.6 Å². The Morgan fingerprint density at radius 3 is 2.31 bits per heavy atom. The van der Waals surface area contributed by atoms with Gasteiger partial charge >= 0.3 is 5.97 Å². The fourth-order valence-corrected chi connectivity index (χ4v) is 3.28. The molecule has 0 fully saturated rings. The van der Waals surface area contributed by atoms with E-state index in [-0.39, 0.29) is 5.75 Å². The summed E-state index contributed by atoms with van der Waals surface area (Å²) in [7, 11) is 4.49. The van der Waals surface area contributed by atoms with E-state index in [2.05, 4.69) is 9.97 Å². The molecule has 3 rings (SSSR count). The van der Waals surface area contributed by atoms with Crippen LogP contribution in [0.25, 0.3) is 6.08 Å². The maximum absolute atomic E-state index is 12.2. The molecule has 2 heterocycles. The molecule has 10 heteroatoms. The fourth-order valence-electron chi connectivity index (χ4n) is 2.59. The summed E-state index contributed by atoms with van der Waals surface area (Å²) in [6.07, 6.45) is 7.03. The molecule has 166 valence electrons. The van der Waals surface area contributed by atoms with E-state index in [1.165, 1.54) is 51.3 Å². The van der Waals surface area contributed by atoms with Crippen LogP contribution in [-0.4, -0.2) is 37.3 Å². The van der Waals surface area contributed by atoms with E-state index >= 15 is 0 Å². The van der Waals surface area contributed by atoms with E-state index in [9.17, 15) is 9.59 Å². The van der Waals surface area contributed by atoms with Crippen molar-refractivity contribution in [3.63, 3.8) is 0 Å². The van der Waals surface area contributed by atoms with Crippen LogP contribution in [0.2, 0.25) is 0 Å². The Morgan fingerprint density at radius 1 is 1.03 bits per heavy atom. The van der Waals surface area contributed by atoms with Crippen molar-refractivity contribution in [3.8, 4) is 23.0 Å². The predicted molar refractivity (Wildman–Crippen MR) is 117 cm³/mol. The number of thioether (sulfide) groups is 1. The lowest BCUT2D eigenvalue weighted by Gasteiger charge is -2.12. The van der Waals surface area contributed by atoms with Gasteiger partial charge in [-0.1, -0.05) is 11.8 Å². The lowest BCUT2D eigenvalue weighted by Crippen LogP contribution is -2.12. The van der Waals surface area contributed by atoms with Crippen molar-refractivity contribution in [2.75, 3.05) is 21.3 Å². The van der Waals surface area contributed by atoms with Gasteiger partial charge in [0.2, 0.25) is 16.9 Å².